The lowest BCUT2D eigenvalue weighted by atomic mass is 10.0. The van der Waals surface area contributed by atoms with Crippen LogP contribution in [0.25, 0.3) is 0 Å². The zero-order chi connectivity index (χ0) is 14.7. The van der Waals surface area contributed by atoms with Gasteiger partial charge in [-0.05, 0) is 32.5 Å². The number of benzene rings is 1. The first-order chi connectivity index (χ1) is 9.58. The van der Waals surface area contributed by atoms with Gasteiger partial charge in [0.15, 0.2) is 0 Å². The van der Waals surface area contributed by atoms with Crippen LogP contribution in [0.3, 0.4) is 0 Å². The Labute approximate surface area is 121 Å². The van der Waals surface area contributed by atoms with Crippen LogP contribution >= 0.6 is 11.6 Å². The van der Waals surface area contributed by atoms with Crippen molar-refractivity contribution in [3.8, 4) is 0 Å². The van der Waals surface area contributed by atoms with E-state index in [2.05, 4.69) is 10.4 Å². The predicted octanol–water partition coefficient (Wildman–Crippen LogP) is 3.34. The number of likely N-dealkylation sites (N-methyl/N-ethyl adjacent to an activating group) is 1. The predicted molar refractivity (Wildman–Crippen MR) is 74.8 cm³/mol. The summed E-state index contributed by atoms with van der Waals surface area (Å²) in [7, 11) is 1.73. The average molecular weight is 300 g/mol. The quantitative estimate of drug-likeness (QED) is 0.918. The number of aryl methyl sites for hydroxylation is 1. The lowest BCUT2D eigenvalue weighted by Crippen LogP contribution is -2.23. The third-order valence-corrected chi connectivity index (χ3v) is 3.57. The number of hydrogen-bond acceptors (Lipinski definition) is 2. The van der Waals surface area contributed by atoms with Crippen molar-refractivity contribution in [1.29, 1.82) is 0 Å². The monoisotopic (exact) mass is 299 g/mol. The van der Waals surface area contributed by atoms with Gasteiger partial charge in [-0.2, -0.15) is 5.10 Å². The van der Waals surface area contributed by atoms with Gasteiger partial charge in [-0.15, -0.1) is 0 Å². The fourth-order valence-electron chi connectivity index (χ4n) is 2.24. The van der Waals surface area contributed by atoms with E-state index in [-0.39, 0.29) is 18.0 Å². The molecule has 0 aliphatic rings. The molecule has 0 fully saturated rings. The van der Waals surface area contributed by atoms with Crippen molar-refractivity contribution in [3.05, 3.63) is 52.3 Å². The van der Waals surface area contributed by atoms with E-state index in [1.165, 1.54) is 18.2 Å². The van der Waals surface area contributed by atoms with Crippen LogP contribution < -0.4 is 5.32 Å². The van der Waals surface area contributed by atoms with E-state index < -0.39 is 11.6 Å². The fourth-order valence-corrected chi connectivity index (χ4v) is 2.51. The number of nitrogens with zero attached hydrogens (tertiary/aromatic N) is 2. The highest BCUT2D eigenvalue weighted by Gasteiger charge is 2.21. The van der Waals surface area contributed by atoms with E-state index in [0.29, 0.717) is 11.6 Å². The third-order valence-electron chi connectivity index (χ3n) is 3.28. The van der Waals surface area contributed by atoms with Crippen molar-refractivity contribution in [2.24, 2.45) is 0 Å². The molecule has 0 bridgehead atoms. The summed E-state index contributed by atoms with van der Waals surface area (Å²) in [5.74, 6) is -1.10. The minimum Gasteiger partial charge on any atom is -0.311 e. The molecular weight excluding hydrogens is 284 g/mol. The van der Waals surface area contributed by atoms with E-state index in [4.69, 9.17) is 11.6 Å². The molecular formula is C14H16ClF2N3. The smallest absolute Gasteiger partial charge is 0.129 e. The Morgan fingerprint density at radius 3 is 2.55 bits per heavy atom. The SMILES string of the molecule is CCn1ncc(Cl)c1C(Cc1c(F)cccc1F)NC. The standard InChI is InChI=1S/C14H16ClF2N3/c1-3-20-14(10(15)8-19-20)13(18-2)7-9-11(16)5-4-6-12(9)17/h4-6,8,13,18H,3,7H2,1-2H3. The highest BCUT2D eigenvalue weighted by molar-refractivity contribution is 6.31. The van der Waals surface area contributed by atoms with Gasteiger partial charge in [0.05, 0.1) is 23.0 Å². The Hall–Kier alpha value is -1.46. The Morgan fingerprint density at radius 2 is 2.00 bits per heavy atom. The lowest BCUT2D eigenvalue weighted by Gasteiger charge is -2.19. The number of hydrogen-bond donors (Lipinski definition) is 1. The Balaban J connectivity index is 2.36. The van der Waals surface area contributed by atoms with Gasteiger partial charge in [-0.3, -0.25) is 4.68 Å². The molecule has 0 aliphatic carbocycles. The third kappa shape index (κ3) is 2.83. The zero-order valence-corrected chi connectivity index (χ0v) is 12.1. The summed E-state index contributed by atoms with van der Waals surface area (Å²) in [6.07, 6.45) is 1.71. The Morgan fingerprint density at radius 1 is 1.35 bits per heavy atom. The summed E-state index contributed by atoms with van der Waals surface area (Å²) < 4.78 is 29.2. The largest absolute Gasteiger partial charge is 0.311 e. The Bertz CT molecular complexity index is 578. The van der Waals surface area contributed by atoms with Crippen LogP contribution in [-0.2, 0) is 13.0 Å². The molecule has 0 amide bonds. The summed E-state index contributed by atoms with van der Waals surface area (Å²) in [4.78, 5) is 0. The maximum absolute atomic E-state index is 13.7. The zero-order valence-electron chi connectivity index (χ0n) is 11.3. The molecule has 3 nitrogen and oxygen atoms in total. The number of halogens is 3. The van der Waals surface area contributed by atoms with Gasteiger partial charge in [-0.25, -0.2) is 8.78 Å². The second-order valence-corrected chi connectivity index (χ2v) is 4.85. The fraction of sp³-hybridized carbons (Fsp3) is 0.357. The Kier molecular flexibility index (Phi) is 4.73. The molecule has 1 aromatic heterocycles. The first kappa shape index (κ1) is 14.9. The summed E-state index contributed by atoms with van der Waals surface area (Å²) >= 11 is 6.13. The van der Waals surface area contributed by atoms with Crippen molar-refractivity contribution in [1.82, 2.24) is 15.1 Å². The average Bonchev–Trinajstić information content (AvgIpc) is 2.80. The molecule has 1 unspecified atom stereocenters. The summed E-state index contributed by atoms with van der Waals surface area (Å²) in [6, 6.07) is 3.55. The van der Waals surface area contributed by atoms with Gasteiger partial charge in [0.1, 0.15) is 11.6 Å². The van der Waals surface area contributed by atoms with Crippen LogP contribution in [0.1, 0.15) is 24.2 Å². The molecule has 20 heavy (non-hydrogen) atoms. The van der Waals surface area contributed by atoms with Crippen molar-refractivity contribution < 1.29 is 8.78 Å². The van der Waals surface area contributed by atoms with Crippen LogP contribution in [0.5, 0.6) is 0 Å². The minimum atomic E-state index is -0.552. The molecule has 2 rings (SSSR count). The number of rotatable bonds is 5. The van der Waals surface area contributed by atoms with Crippen molar-refractivity contribution in [2.75, 3.05) is 7.05 Å². The van der Waals surface area contributed by atoms with E-state index in [1.807, 2.05) is 6.92 Å². The van der Waals surface area contributed by atoms with Crippen molar-refractivity contribution in [3.63, 3.8) is 0 Å². The molecule has 1 atom stereocenters. The molecule has 108 valence electrons. The normalized spacial score (nSPS) is 12.7. The number of aromatic nitrogens is 2. The van der Waals surface area contributed by atoms with Crippen LogP contribution in [0, 0.1) is 11.6 Å². The van der Waals surface area contributed by atoms with Crippen LogP contribution in [-0.4, -0.2) is 16.8 Å². The number of nitrogens with one attached hydrogen (secondary N) is 1. The molecule has 2 aromatic rings. The first-order valence-corrected chi connectivity index (χ1v) is 6.77. The molecule has 1 N–H and O–H groups in total. The van der Waals surface area contributed by atoms with Gasteiger partial charge in [0.25, 0.3) is 0 Å². The summed E-state index contributed by atoms with van der Waals surface area (Å²) in [6.45, 7) is 2.57. The summed E-state index contributed by atoms with van der Waals surface area (Å²) in [5.41, 5.74) is 0.783. The van der Waals surface area contributed by atoms with Gasteiger partial charge in [0.2, 0.25) is 0 Å². The highest BCUT2D eigenvalue weighted by atomic mass is 35.5. The maximum atomic E-state index is 13.7. The van der Waals surface area contributed by atoms with Gasteiger partial charge in [0, 0.05) is 12.1 Å². The molecule has 0 spiro atoms. The van der Waals surface area contributed by atoms with Crippen molar-refractivity contribution >= 4 is 11.6 Å². The molecule has 0 aliphatic heterocycles. The van der Waals surface area contributed by atoms with Crippen LogP contribution in [0.2, 0.25) is 5.02 Å². The lowest BCUT2D eigenvalue weighted by molar-refractivity contribution is 0.483. The molecule has 1 aromatic carbocycles. The second kappa shape index (κ2) is 6.33. The molecule has 1 heterocycles. The molecule has 0 radical (unpaired) electrons. The topological polar surface area (TPSA) is 29.9 Å². The second-order valence-electron chi connectivity index (χ2n) is 4.44. The van der Waals surface area contributed by atoms with Crippen LogP contribution in [0.4, 0.5) is 8.78 Å². The van der Waals surface area contributed by atoms with Gasteiger partial charge < -0.3 is 5.32 Å². The maximum Gasteiger partial charge on any atom is 0.129 e. The first-order valence-electron chi connectivity index (χ1n) is 6.39. The van der Waals surface area contributed by atoms with Crippen molar-refractivity contribution in [2.45, 2.75) is 25.9 Å². The van der Waals surface area contributed by atoms with E-state index in [1.54, 1.807) is 17.9 Å². The highest BCUT2D eigenvalue weighted by Crippen LogP contribution is 2.27. The molecule has 0 saturated carbocycles. The van der Waals surface area contributed by atoms with E-state index in [9.17, 15) is 8.78 Å². The summed E-state index contributed by atoms with van der Waals surface area (Å²) in [5, 5.41) is 7.68. The van der Waals surface area contributed by atoms with Crippen LogP contribution in [0.15, 0.2) is 24.4 Å². The van der Waals surface area contributed by atoms with Gasteiger partial charge >= 0.3 is 0 Å². The van der Waals surface area contributed by atoms with Gasteiger partial charge in [-0.1, -0.05) is 17.7 Å². The van der Waals surface area contributed by atoms with E-state index in [0.717, 1.165) is 5.69 Å². The van der Waals surface area contributed by atoms with E-state index >= 15 is 0 Å². The molecule has 0 saturated heterocycles. The minimum absolute atomic E-state index is 0.0479. The molecule has 6 heteroatoms.